The van der Waals surface area contributed by atoms with Crippen LogP contribution in [0.15, 0.2) is 28.7 Å². The van der Waals surface area contributed by atoms with Gasteiger partial charge in [0.25, 0.3) is 0 Å². The Hall–Kier alpha value is -0.870. The van der Waals surface area contributed by atoms with E-state index in [-0.39, 0.29) is 0 Å². The number of halogens is 1. The summed E-state index contributed by atoms with van der Waals surface area (Å²) in [6, 6.07) is 8.35. The smallest absolute Gasteiger partial charge is 0.180 e. The molecule has 84 valence electrons. The molecule has 16 heavy (non-hydrogen) atoms. The Morgan fingerprint density at radius 2 is 2.19 bits per heavy atom. The summed E-state index contributed by atoms with van der Waals surface area (Å²) < 4.78 is 1.10. The molecule has 0 spiro atoms. The third kappa shape index (κ3) is 2.28. The molecule has 0 amide bonds. The first-order chi connectivity index (χ1) is 7.58. The lowest BCUT2D eigenvalue weighted by Crippen LogP contribution is -1.95. The molecule has 0 radical (unpaired) electrons. The van der Waals surface area contributed by atoms with E-state index in [4.69, 9.17) is 5.73 Å². The highest BCUT2D eigenvalue weighted by molar-refractivity contribution is 9.10. The summed E-state index contributed by atoms with van der Waals surface area (Å²) in [5, 5.41) is 0.648. The zero-order chi connectivity index (χ0) is 11.7. The molecule has 1 heterocycles. The van der Waals surface area contributed by atoms with Crippen molar-refractivity contribution < 1.29 is 0 Å². The summed E-state index contributed by atoms with van der Waals surface area (Å²) in [6.45, 7) is 4.19. The Balaban J connectivity index is 2.38. The lowest BCUT2D eigenvalue weighted by Gasteiger charge is -2.10. The van der Waals surface area contributed by atoms with Gasteiger partial charge in [-0.05, 0) is 24.6 Å². The second-order valence-electron chi connectivity index (χ2n) is 3.78. The topological polar surface area (TPSA) is 38.9 Å². The van der Waals surface area contributed by atoms with E-state index in [1.54, 1.807) is 11.3 Å². The minimum absolute atomic E-state index is 0.340. The highest BCUT2D eigenvalue weighted by atomic mass is 79.9. The molecule has 2 nitrogen and oxygen atoms in total. The molecule has 2 rings (SSSR count). The van der Waals surface area contributed by atoms with Gasteiger partial charge in [0.2, 0.25) is 0 Å². The van der Waals surface area contributed by atoms with Crippen molar-refractivity contribution in [3.8, 4) is 0 Å². The fourth-order valence-electron chi connectivity index (χ4n) is 1.76. The fourth-order valence-corrected chi connectivity index (χ4v) is 3.09. The van der Waals surface area contributed by atoms with Crippen LogP contribution < -0.4 is 5.73 Å². The Bertz CT molecular complexity index is 507. The van der Waals surface area contributed by atoms with Crippen LogP contribution >= 0.6 is 27.3 Å². The summed E-state index contributed by atoms with van der Waals surface area (Å²) in [6.07, 6.45) is 0. The minimum atomic E-state index is 0.340. The van der Waals surface area contributed by atoms with Crippen LogP contribution in [0.1, 0.15) is 29.0 Å². The predicted molar refractivity (Wildman–Crippen MR) is 72.9 cm³/mol. The van der Waals surface area contributed by atoms with Crippen LogP contribution in [0.25, 0.3) is 0 Å². The van der Waals surface area contributed by atoms with Gasteiger partial charge in [-0.15, -0.1) is 11.3 Å². The van der Waals surface area contributed by atoms with Crippen LogP contribution in [0.4, 0.5) is 5.13 Å². The molecule has 0 aliphatic carbocycles. The lowest BCUT2D eigenvalue weighted by molar-refractivity contribution is 0.926. The van der Waals surface area contributed by atoms with Gasteiger partial charge < -0.3 is 5.73 Å². The second kappa shape index (κ2) is 4.55. The molecule has 4 heteroatoms. The van der Waals surface area contributed by atoms with Crippen LogP contribution in [0.3, 0.4) is 0 Å². The number of thiazole rings is 1. The molecule has 0 aliphatic heterocycles. The van der Waals surface area contributed by atoms with Crippen LogP contribution in [-0.2, 0) is 0 Å². The largest absolute Gasteiger partial charge is 0.375 e. The number of hydrogen-bond acceptors (Lipinski definition) is 3. The Kier molecular flexibility index (Phi) is 3.30. The van der Waals surface area contributed by atoms with Crippen molar-refractivity contribution in [2.75, 3.05) is 5.73 Å². The first-order valence-corrected chi connectivity index (χ1v) is 6.67. The zero-order valence-corrected chi connectivity index (χ0v) is 11.6. The number of benzene rings is 1. The van der Waals surface area contributed by atoms with Crippen LogP contribution in [0, 0.1) is 6.92 Å². The van der Waals surface area contributed by atoms with Crippen LogP contribution in [0.5, 0.6) is 0 Å². The van der Waals surface area contributed by atoms with Crippen molar-refractivity contribution in [2.45, 2.75) is 19.8 Å². The molecule has 2 aromatic rings. The lowest BCUT2D eigenvalue weighted by atomic mass is 9.99. The standard InChI is InChI=1S/C12H13BrN2S/c1-7(9-4-3-5-10(13)6-9)11-8(2)15-12(14)16-11/h3-7H,1-2H3,(H2,14,15). The minimum Gasteiger partial charge on any atom is -0.375 e. The molecular weight excluding hydrogens is 284 g/mol. The van der Waals surface area contributed by atoms with Gasteiger partial charge in [-0.1, -0.05) is 35.0 Å². The van der Waals surface area contributed by atoms with Gasteiger partial charge in [0.15, 0.2) is 5.13 Å². The third-order valence-corrected chi connectivity index (χ3v) is 4.25. The monoisotopic (exact) mass is 296 g/mol. The van der Waals surface area contributed by atoms with Crippen molar-refractivity contribution >= 4 is 32.4 Å². The van der Waals surface area contributed by atoms with Gasteiger partial charge in [-0.2, -0.15) is 0 Å². The molecule has 1 aromatic heterocycles. The number of anilines is 1. The summed E-state index contributed by atoms with van der Waals surface area (Å²) in [4.78, 5) is 5.51. The molecule has 0 saturated heterocycles. The average molecular weight is 297 g/mol. The van der Waals surface area contributed by atoms with E-state index in [2.05, 4.69) is 46.0 Å². The molecule has 1 unspecified atom stereocenters. The van der Waals surface area contributed by atoms with Crippen molar-refractivity contribution in [2.24, 2.45) is 0 Å². The second-order valence-corrected chi connectivity index (χ2v) is 5.76. The van der Waals surface area contributed by atoms with Crippen molar-refractivity contribution in [1.29, 1.82) is 0 Å². The van der Waals surface area contributed by atoms with Gasteiger partial charge >= 0.3 is 0 Å². The van der Waals surface area contributed by atoms with E-state index in [1.807, 2.05) is 13.0 Å². The van der Waals surface area contributed by atoms with Crippen LogP contribution in [0.2, 0.25) is 0 Å². The summed E-state index contributed by atoms with van der Waals surface area (Å²) >= 11 is 5.06. The number of nitrogens with two attached hydrogens (primary N) is 1. The summed E-state index contributed by atoms with van der Waals surface area (Å²) in [5.41, 5.74) is 8.04. The molecule has 2 N–H and O–H groups in total. The van der Waals surface area contributed by atoms with Gasteiger partial charge in [-0.25, -0.2) is 4.98 Å². The highest BCUT2D eigenvalue weighted by Crippen LogP contribution is 2.33. The average Bonchev–Trinajstić information content (AvgIpc) is 2.57. The first-order valence-electron chi connectivity index (χ1n) is 5.06. The Morgan fingerprint density at radius 3 is 2.75 bits per heavy atom. The van der Waals surface area contributed by atoms with E-state index in [1.165, 1.54) is 10.4 Å². The molecule has 0 aliphatic rings. The predicted octanol–water partition coefficient (Wildman–Crippen LogP) is 3.95. The van der Waals surface area contributed by atoms with E-state index in [9.17, 15) is 0 Å². The van der Waals surface area contributed by atoms with Crippen molar-refractivity contribution in [1.82, 2.24) is 4.98 Å². The molecule has 0 saturated carbocycles. The molecule has 0 fully saturated rings. The maximum atomic E-state index is 5.72. The molecule has 1 aromatic carbocycles. The third-order valence-electron chi connectivity index (χ3n) is 2.59. The number of aryl methyl sites for hydroxylation is 1. The number of hydrogen-bond donors (Lipinski definition) is 1. The number of rotatable bonds is 2. The SMILES string of the molecule is Cc1nc(N)sc1C(C)c1cccc(Br)c1. The van der Waals surface area contributed by atoms with Gasteiger partial charge in [0.1, 0.15) is 0 Å². The van der Waals surface area contributed by atoms with E-state index < -0.39 is 0 Å². The number of aromatic nitrogens is 1. The molecule has 0 bridgehead atoms. The fraction of sp³-hybridized carbons (Fsp3) is 0.250. The Morgan fingerprint density at radius 1 is 1.44 bits per heavy atom. The number of nitrogen functional groups attached to an aromatic ring is 1. The van der Waals surface area contributed by atoms with E-state index in [0.717, 1.165) is 10.2 Å². The quantitative estimate of drug-likeness (QED) is 0.911. The van der Waals surface area contributed by atoms with Gasteiger partial charge in [-0.3, -0.25) is 0 Å². The normalized spacial score (nSPS) is 12.7. The zero-order valence-electron chi connectivity index (χ0n) is 9.20. The van der Waals surface area contributed by atoms with Gasteiger partial charge in [0.05, 0.1) is 5.69 Å². The van der Waals surface area contributed by atoms with E-state index in [0.29, 0.717) is 11.0 Å². The molecular formula is C12H13BrN2S. The highest BCUT2D eigenvalue weighted by Gasteiger charge is 2.15. The van der Waals surface area contributed by atoms with Crippen molar-refractivity contribution in [3.05, 3.63) is 44.9 Å². The van der Waals surface area contributed by atoms with Gasteiger partial charge in [0, 0.05) is 15.3 Å². The maximum absolute atomic E-state index is 5.72. The summed E-state index contributed by atoms with van der Waals surface area (Å²) in [7, 11) is 0. The van der Waals surface area contributed by atoms with E-state index >= 15 is 0 Å². The Labute approximate surface area is 108 Å². The van der Waals surface area contributed by atoms with Crippen molar-refractivity contribution in [3.63, 3.8) is 0 Å². The summed E-state index contributed by atoms with van der Waals surface area (Å²) in [5.74, 6) is 0.340. The maximum Gasteiger partial charge on any atom is 0.180 e. The first kappa shape index (κ1) is 11.6. The number of nitrogens with zero attached hydrogens (tertiary/aromatic N) is 1. The van der Waals surface area contributed by atoms with Crippen LogP contribution in [-0.4, -0.2) is 4.98 Å². The molecule has 1 atom stereocenters.